The Morgan fingerprint density at radius 1 is 1.22 bits per heavy atom. The number of thiophene rings is 1. The monoisotopic (exact) mass is 320 g/mol. The molecular weight excluding hydrogens is 304 g/mol. The van der Waals surface area contributed by atoms with Gasteiger partial charge in [0.1, 0.15) is 0 Å². The normalized spacial score (nSPS) is 23.9. The van der Waals surface area contributed by atoms with Crippen LogP contribution in [-0.4, -0.2) is 0 Å². The number of rotatable bonds is 4. The molecule has 0 N–H and O–H groups in total. The zero-order valence-electron chi connectivity index (χ0n) is 10.5. The fourth-order valence-electron chi connectivity index (χ4n) is 2.57. The van der Waals surface area contributed by atoms with Crippen LogP contribution in [0.1, 0.15) is 39.4 Å². The molecule has 2 heteroatoms. The first kappa shape index (κ1) is 12.4. The van der Waals surface area contributed by atoms with Crippen LogP contribution in [0.3, 0.4) is 0 Å². The van der Waals surface area contributed by atoms with Crippen molar-refractivity contribution in [1.29, 1.82) is 0 Å². The minimum atomic E-state index is 0.535. The van der Waals surface area contributed by atoms with E-state index in [1.807, 2.05) is 11.3 Å². The van der Waals surface area contributed by atoms with Crippen molar-refractivity contribution in [1.82, 2.24) is 0 Å². The Kier molecular flexibility index (Phi) is 3.58. The van der Waals surface area contributed by atoms with E-state index < -0.39 is 0 Å². The van der Waals surface area contributed by atoms with Crippen LogP contribution in [0.25, 0.3) is 0 Å². The molecule has 3 rings (SSSR count). The van der Waals surface area contributed by atoms with Gasteiger partial charge in [-0.15, -0.1) is 11.3 Å². The molecule has 1 aliphatic rings. The Morgan fingerprint density at radius 2 is 2.00 bits per heavy atom. The van der Waals surface area contributed by atoms with Gasteiger partial charge in [0.05, 0.1) is 4.83 Å². The molecule has 0 spiro atoms. The van der Waals surface area contributed by atoms with E-state index in [0.717, 1.165) is 18.3 Å². The molecule has 0 saturated heterocycles. The van der Waals surface area contributed by atoms with Crippen LogP contribution < -0.4 is 0 Å². The Bertz CT molecular complexity index is 517. The van der Waals surface area contributed by atoms with Gasteiger partial charge in [0, 0.05) is 9.75 Å². The molecule has 0 amide bonds. The SMILES string of the molecule is CCc1ccc(C(Br)C2CC2c2ccccc2)s1. The van der Waals surface area contributed by atoms with E-state index >= 15 is 0 Å². The minimum Gasteiger partial charge on any atom is -0.144 e. The molecule has 1 aliphatic carbocycles. The second kappa shape index (κ2) is 5.18. The second-order valence-corrected chi connectivity index (χ2v) is 7.16. The first-order valence-electron chi connectivity index (χ1n) is 6.57. The number of aryl methyl sites for hydroxylation is 1. The Hall–Kier alpha value is -0.600. The maximum Gasteiger partial charge on any atom is 0.0523 e. The predicted octanol–water partition coefficient (Wildman–Crippen LogP) is 5.55. The highest BCUT2D eigenvalue weighted by atomic mass is 79.9. The maximum absolute atomic E-state index is 3.90. The molecule has 2 aromatic rings. The third-order valence-corrected chi connectivity index (χ3v) is 6.53. The lowest BCUT2D eigenvalue weighted by molar-refractivity contribution is 0.798. The van der Waals surface area contributed by atoms with Gasteiger partial charge in [-0.3, -0.25) is 0 Å². The Labute approximate surface area is 121 Å². The topological polar surface area (TPSA) is 0 Å². The van der Waals surface area contributed by atoms with Crippen molar-refractivity contribution in [2.24, 2.45) is 5.92 Å². The van der Waals surface area contributed by atoms with Crippen LogP contribution in [0.4, 0.5) is 0 Å². The van der Waals surface area contributed by atoms with Crippen molar-refractivity contribution >= 4 is 27.3 Å². The molecule has 1 saturated carbocycles. The zero-order valence-corrected chi connectivity index (χ0v) is 12.9. The predicted molar refractivity (Wildman–Crippen MR) is 82.7 cm³/mol. The van der Waals surface area contributed by atoms with Crippen LogP contribution in [0, 0.1) is 5.92 Å². The van der Waals surface area contributed by atoms with E-state index in [-0.39, 0.29) is 0 Å². The molecule has 18 heavy (non-hydrogen) atoms. The molecule has 1 aromatic heterocycles. The highest BCUT2D eigenvalue weighted by Gasteiger charge is 2.43. The van der Waals surface area contributed by atoms with Gasteiger partial charge < -0.3 is 0 Å². The van der Waals surface area contributed by atoms with Gasteiger partial charge in [-0.25, -0.2) is 0 Å². The lowest BCUT2D eigenvalue weighted by Crippen LogP contribution is -1.91. The Balaban J connectivity index is 1.70. The fraction of sp³-hybridized carbons (Fsp3) is 0.375. The highest BCUT2D eigenvalue weighted by Crippen LogP contribution is 2.57. The van der Waals surface area contributed by atoms with Crippen LogP contribution >= 0.6 is 27.3 Å². The molecule has 1 heterocycles. The Morgan fingerprint density at radius 3 is 2.67 bits per heavy atom. The molecule has 1 fully saturated rings. The molecule has 0 aliphatic heterocycles. The van der Waals surface area contributed by atoms with E-state index in [9.17, 15) is 0 Å². The third-order valence-electron chi connectivity index (χ3n) is 3.75. The quantitative estimate of drug-likeness (QED) is 0.648. The smallest absolute Gasteiger partial charge is 0.0523 e. The van der Waals surface area contributed by atoms with Gasteiger partial charge in [-0.1, -0.05) is 53.2 Å². The highest BCUT2D eigenvalue weighted by molar-refractivity contribution is 9.09. The summed E-state index contributed by atoms with van der Waals surface area (Å²) >= 11 is 5.86. The molecule has 0 nitrogen and oxygen atoms in total. The average Bonchev–Trinajstić information content (AvgIpc) is 3.08. The lowest BCUT2D eigenvalue weighted by atomic mass is 10.1. The van der Waals surface area contributed by atoms with Crippen molar-refractivity contribution < 1.29 is 0 Å². The van der Waals surface area contributed by atoms with E-state index in [1.54, 1.807) is 0 Å². The van der Waals surface area contributed by atoms with Crippen LogP contribution in [0.2, 0.25) is 0 Å². The number of halogens is 1. The van der Waals surface area contributed by atoms with Crippen molar-refractivity contribution in [3.05, 3.63) is 57.8 Å². The first-order valence-corrected chi connectivity index (χ1v) is 8.30. The van der Waals surface area contributed by atoms with Gasteiger partial charge in [0.2, 0.25) is 0 Å². The molecule has 0 radical (unpaired) electrons. The number of hydrogen-bond donors (Lipinski definition) is 0. The molecule has 94 valence electrons. The average molecular weight is 321 g/mol. The summed E-state index contributed by atoms with van der Waals surface area (Å²) in [6, 6.07) is 15.5. The summed E-state index contributed by atoms with van der Waals surface area (Å²) in [7, 11) is 0. The van der Waals surface area contributed by atoms with E-state index in [4.69, 9.17) is 0 Å². The third kappa shape index (κ3) is 2.41. The molecular formula is C16H17BrS. The summed E-state index contributed by atoms with van der Waals surface area (Å²) in [6.45, 7) is 2.22. The van der Waals surface area contributed by atoms with Crippen LogP contribution in [-0.2, 0) is 6.42 Å². The summed E-state index contributed by atoms with van der Waals surface area (Å²) in [5, 5.41) is 0. The number of benzene rings is 1. The summed E-state index contributed by atoms with van der Waals surface area (Å²) < 4.78 is 0. The van der Waals surface area contributed by atoms with Crippen LogP contribution in [0.5, 0.6) is 0 Å². The number of alkyl halides is 1. The molecule has 1 aromatic carbocycles. The van der Waals surface area contributed by atoms with Crippen molar-refractivity contribution in [3.8, 4) is 0 Å². The lowest BCUT2D eigenvalue weighted by Gasteiger charge is -2.07. The van der Waals surface area contributed by atoms with Crippen molar-refractivity contribution in [2.45, 2.75) is 30.5 Å². The number of hydrogen-bond acceptors (Lipinski definition) is 1. The molecule has 3 atom stereocenters. The standard InChI is InChI=1S/C16H17BrS/c1-2-12-8-9-15(18-12)16(17)14-10-13(14)11-6-4-3-5-7-11/h3-9,13-14,16H,2,10H2,1H3. The van der Waals surface area contributed by atoms with Gasteiger partial charge in [0.15, 0.2) is 0 Å². The molecule has 3 unspecified atom stereocenters. The summed E-state index contributed by atoms with van der Waals surface area (Å²) in [4.78, 5) is 3.52. The summed E-state index contributed by atoms with van der Waals surface area (Å²) in [5.74, 6) is 1.53. The minimum absolute atomic E-state index is 0.535. The zero-order chi connectivity index (χ0) is 12.5. The van der Waals surface area contributed by atoms with Crippen LogP contribution in [0.15, 0.2) is 42.5 Å². The van der Waals surface area contributed by atoms with Gasteiger partial charge in [-0.05, 0) is 42.4 Å². The van der Waals surface area contributed by atoms with Gasteiger partial charge in [0.25, 0.3) is 0 Å². The van der Waals surface area contributed by atoms with Crippen molar-refractivity contribution in [2.75, 3.05) is 0 Å². The summed E-state index contributed by atoms with van der Waals surface area (Å²) in [5.41, 5.74) is 1.50. The second-order valence-electron chi connectivity index (χ2n) is 4.98. The van der Waals surface area contributed by atoms with E-state index in [2.05, 4.69) is 65.3 Å². The van der Waals surface area contributed by atoms with Gasteiger partial charge in [-0.2, -0.15) is 0 Å². The van der Waals surface area contributed by atoms with Crippen molar-refractivity contribution in [3.63, 3.8) is 0 Å². The molecule has 0 bridgehead atoms. The first-order chi connectivity index (χ1) is 8.79. The summed E-state index contributed by atoms with van der Waals surface area (Å²) in [6.07, 6.45) is 2.47. The largest absolute Gasteiger partial charge is 0.144 e. The van der Waals surface area contributed by atoms with Gasteiger partial charge >= 0.3 is 0 Å². The van der Waals surface area contributed by atoms with E-state index in [0.29, 0.717) is 4.83 Å². The van der Waals surface area contributed by atoms with E-state index in [1.165, 1.54) is 21.7 Å². The maximum atomic E-state index is 3.90. The fourth-order valence-corrected chi connectivity index (χ4v) is 4.59.